The van der Waals surface area contributed by atoms with Gasteiger partial charge in [-0.15, -0.1) is 0 Å². The van der Waals surface area contributed by atoms with Crippen LogP contribution in [0.25, 0.3) is 0 Å². The van der Waals surface area contributed by atoms with Crippen molar-refractivity contribution >= 4 is 26.0 Å². The molecule has 0 aromatic heterocycles. The van der Waals surface area contributed by atoms with Crippen molar-refractivity contribution in [2.24, 2.45) is 0 Å². The molecular weight excluding hydrogens is 292 g/mol. The Hall–Kier alpha value is -0.390. The van der Waals surface area contributed by atoms with Gasteiger partial charge in [0, 0.05) is 10.7 Å². The Morgan fingerprint density at radius 2 is 1.69 bits per heavy atom. The van der Waals surface area contributed by atoms with Crippen LogP contribution in [-0.2, 0) is 23.0 Å². The Bertz CT molecular complexity index is 446. The highest BCUT2D eigenvalue weighted by Crippen LogP contribution is 2.24. The molecule has 3 nitrogen and oxygen atoms in total. The Morgan fingerprint density at radius 3 is 2.25 bits per heavy atom. The van der Waals surface area contributed by atoms with Crippen molar-refractivity contribution in [3.63, 3.8) is 0 Å². The van der Waals surface area contributed by atoms with Gasteiger partial charge in [-0.2, -0.15) is 0 Å². The third-order valence-electron chi connectivity index (χ3n) is 2.31. The Labute approximate surface area is 105 Å². The lowest BCUT2D eigenvalue weighted by Gasteiger charge is -2.14. The monoisotopic (exact) mass is 305 g/mol. The second kappa shape index (κ2) is 5.80. The first-order valence-corrected chi connectivity index (χ1v) is 7.65. The molecule has 1 aromatic carbocycles. The minimum atomic E-state index is -3.92. The summed E-state index contributed by atoms with van der Waals surface area (Å²) in [6.45, 7) is 0. The fourth-order valence-electron chi connectivity index (χ4n) is 1.70. The van der Waals surface area contributed by atoms with E-state index in [1.165, 1.54) is 30.2 Å². The summed E-state index contributed by atoms with van der Waals surface area (Å²) >= 11 is 3.49. The molecular formula is C11H14BrO3S-. The summed E-state index contributed by atoms with van der Waals surface area (Å²) in [5.41, 5.74) is 3.10. The van der Waals surface area contributed by atoms with E-state index in [9.17, 15) is 0 Å². The second-order valence-electron chi connectivity index (χ2n) is 3.82. The van der Waals surface area contributed by atoms with Crippen molar-refractivity contribution in [1.82, 2.24) is 0 Å². The molecule has 0 N–H and O–H groups in total. The standard InChI is InChI=1S/C10H11Br.CH4O3S/c11-10-6-5-8-3-1-2-4-9(8)7-10;1-5(2,3)4/h5-7H,1-4H2;1H3,(H,2,3,4)/p-1. The summed E-state index contributed by atoms with van der Waals surface area (Å²) < 4.78 is 28.4. The fraction of sp³-hybridized carbons (Fsp3) is 0.455. The Balaban J connectivity index is 0.000000221. The van der Waals surface area contributed by atoms with Crippen LogP contribution in [0.1, 0.15) is 24.0 Å². The second-order valence-corrected chi connectivity index (χ2v) is 6.15. The number of aryl methyl sites for hydroxylation is 2. The van der Waals surface area contributed by atoms with Gasteiger partial charge in [0.2, 0.25) is 0 Å². The number of halogens is 1. The van der Waals surface area contributed by atoms with Gasteiger partial charge in [0.15, 0.2) is 0 Å². The zero-order valence-corrected chi connectivity index (χ0v) is 11.5. The van der Waals surface area contributed by atoms with E-state index in [1.54, 1.807) is 11.1 Å². The van der Waals surface area contributed by atoms with Crippen molar-refractivity contribution in [1.29, 1.82) is 0 Å². The summed E-state index contributed by atoms with van der Waals surface area (Å²) in [5.74, 6) is 0. The zero-order chi connectivity index (χ0) is 12.2. The first kappa shape index (κ1) is 13.7. The predicted octanol–water partition coefficient (Wildman–Crippen LogP) is 2.49. The molecule has 16 heavy (non-hydrogen) atoms. The minimum Gasteiger partial charge on any atom is -0.748 e. The molecule has 0 amide bonds. The van der Waals surface area contributed by atoms with Crippen LogP contribution >= 0.6 is 15.9 Å². The van der Waals surface area contributed by atoms with Crippen LogP contribution in [0, 0.1) is 0 Å². The molecule has 1 aliphatic carbocycles. The number of benzene rings is 1. The molecule has 0 fully saturated rings. The van der Waals surface area contributed by atoms with Gasteiger partial charge in [0.1, 0.15) is 0 Å². The topological polar surface area (TPSA) is 57.2 Å². The molecule has 5 heteroatoms. The molecule has 0 aliphatic heterocycles. The van der Waals surface area contributed by atoms with E-state index in [2.05, 4.69) is 34.1 Å². The minimum absolute atomic E-state index is 0.604. The third-order valence-corrected chi connectivity index (χ3v) is 2.80. The lowest BCUT2D eigenvalue weighted by molar-refractivity contribution is 0.470. The smallest absolute Gasteiger partial charge is 0.0916 e. The molecule has 1 aliphatic rings. The average Bonchev–Trinajstić information content (AvgIpc) is 2.15. The molecule has 0 spiro atoms. The molecule has 2 rings (SSSR count). The van der Waals surface area contributed by atoms with Gasteiger partial charge < -0.3 is 4.55 Å². The van der Waals surface area contributed by atoms with Crippen molar-refractivity contribution in [3.8, 4) is 0 Å². The Morgan fingerprint density at radius 1 is 1.19 bits per heavy atom. The number of hydrogen-bond acceptors (Lipinski definition) is 3. The quantitative estimate of drug-likeness (QED) is 0.692. The van der Waals surface area contributed by atoms with Gasteiger partial charge in [0.25, 0.3) is 0 Å². The summed E-state index contributed by atoms with van der Waals surface area (Å²) in [4.78, 5) is 0. The van der Waals surface area contributed by atoms with Crippen molar-refractivity contribution < 1.29 is 13.0 Å². The van der Waals surface area contributed by atoms with Crippen LogP contribution < -0.4 is 0 Å². The number of rotatable bonds is 0. The van der Waals surface area contributed by atoms with Crippen LogP contribution in [-0.4, -0.2) is 19.2 Å². The van der Waals surface area contributed by atoms with Crippen LogP contribution in [0.4, 0.5) is 0 Å². The van der Waals surface area contributed by atoms with E-state index < -0.39 is 10.1 Å². The highest BCUT2D eigenvalue weighted by atomic mass is 79.9. The van der Waals surface area contributed by atoms with Crippen LogP contribution in [0.2, 0.25) is 0 Å². The van der Waals surface area contributed by atoms with E-state index in [-0.39, 0.29) is 0 Å². The first-order valence-electron chi connectivity index (χ1n) is 5.04. The largest absolute Gasteiger partial charge is 0.748 e. The third kappa shape index (κ3) is 5.63. The summed E-state index contributed by atoms with van der Waals surface area (Å²) in [5, 5.41) is 0. The highest BCUT2D eigenvalue weighted by Gasteiger charge is 2.07. The summed E-state index contributed by atoms with van der Waals surface area (Å²) in [7, 11) is -3.92. The molecule has 1 aromatic rings. The predicted molar refractivity (Wildman–Crippen MR) is 66.4 cm³/mol. The molecule has 0 saturated heterocycles. The normalized spacial score (nSPS) is 14.7. The maximum absolute atomic E-state index is 9.08. The molecule has 0 saturated carbocycles. The van der Waals surface area contributed by atoms with Crippen LogP contribution in [0.15, 0.2) is 22.7 Å². The van der Waals surface area contributed by atoms with Gasteiger partial charge in [-0.3, -0.25) is 0 Å². The molecule has 0 radical (unpaired) electrons. The van der Waals surface area contributed by atoms with E-state index in [0.717, 1.165) is 0 Å². The summed E-state index contributed by atoms with van der Waals surface area (Å²) in [6.07, 6.45) is 5.89. The first-order chi connectivity index (χ1) is 7.36. The molecule has 0 bridgehead atoms. The van der Waals surface area contributed by atoms with Gasteiger partial charge in [-0.05, 0) is 48.9 Å². The van der Waals surface area contributed by atoms with E-state index in [0.29, 0.717) is 6.26 Å². The van der Waals surface area contributed by atoms with Gasteiger partial charge >= 0.3 is 0 Å². The van der Waals surface area contributed by atoms with Crippen molar-refractivity contribution in [2.45, 2.75) is 25.7 Å². The van der Waals surface area contributed by atoms with E-state index >= 15 is 0 Å². The number of hydrogen-bond donors (Lipinski definition) is 0. The van der Waals surface area contributed by atoms with Gasteiger partial charge in [-0.1, -0.05) is 22.0 Å². The maximum Gasteiger partial charge on any atom is 0.0916 e. The van der Waals surface area contributed by atoms with Crippen LogP contribution in [0.3, 0.4) is 0 Å². The fourth-order valence-corrected chi connectivity index (χ4v) is 2.11. The highest BCUT2D eigenvalue weighted by molar-refractivity contribution is 9.10. The molecule has 90 valence electrons. The average molecular weight is 306 g/mol. The summed E-state index contributed by atoms with van der Waals surface area (Å²) in [6, 6.07) is 6.65. The van der Waals surface area contributed by atoms with Crippen molar-refractivity contribution in [2.75, 3.05) is 6.26 Å². The lowest BCUT2D eigenvalue weighted by Crippen LogP contribution is -2.01. The van der Waals surface area contributed by atoms with E-state index in [4.69, 9.17) is 13.0 Å². The van der Waals surface area contributed by atoms with Crippen LogP contribution in [0.5, 0.6) is 0 Å². The SMILES string of the molecule is Brc1ccc2c(c1)CCCC2.CS(=O)(=O)[O-]. The van der Waals surface area contributed by atoms with E-state index in [1.807, 2.05) is 0 Å². The zero-order valence-electron chi connectivity index (χ0n) is 9.07. The Kier molecular flexibility index (Phi) is 4.95. The lowest BCUT2D eigenvalue weighted by atomic mass is 9.92. The molecule has 0 unspecified atom stereocenters. The maximum atomic E-state index is 9.08. The van der Waals surface area contributed by atoms with Crippen molar-refractivity contribution in [3.05, 3.63) is 33.8 Å². The van der Waals surface area contributed by atoms with Gasteiger partial charge in [-0.25, -0.2) is 8.42 Å². The molecule has 0 atom stereocenters. The number of fused-ring (bicyclic) bond motifs is 1. The molecule has 0 heterocycles. The van der Waals surface area contributed by atoms with Gasteiger partial charge in [0.05, 0.1) is 10.1 Å².